The van der Waals surface area contributed by atoms with Gasteiger partial charge in [0.2, 0.25) is 5.91 Å². The van der Waals surface area contributed by atoms with Crippen molar-refractivity contribution in [3.05, 3.63) is 0 Å². The summed E-state index contributed by atoms with van der Waals surface area (Å²) >= 11 is 0. The summed E-state index contributed by atoms with van der Waals surface area (Å²) in [5, 5.41) is 12.5. The van der Waals surface area contributed by atoms with E-state index in [2.05, 4.69) is 5.32 Å². The number of hydrogen-bond donors (Lipinski definition) is 3. The molecule has 0 saturated heterocycles. The minimum absolute atomic E-state index is 0.101. The van der Waals surface area contributed by atoms with E-state index in [1.54, 1.807) is 6.92 Å². The molecule has 0 aromatic heterocycles. The summed E-state index contributed by atoms with van der Waals surface area (Å²) in [6, 6.07) is 0. The normalized spacial score (nSPS) is 15.8. The molecule has 0 aromatic rings. The van der Waals surface area contributed by atoms with Crippen LogP contribution in [0.5, 0.6) is 0 Å². The number of likely N-dealkylation sites (N-methyl/N-ethyl adjacent to an activating group) is 1. The predicted molar refractivity (Wildman–Crippen MR) is 51.2 cm³/mol. The fourth-order valence-electron chi connectivity index (χ4n) is 1.19. The lowest BCUT2D eigenvalue weighted by molar-refractivity contribution is -0.117. The lowest BCUT2D eigenvalue weighted by Gasteiger charge is -2.26. The van der Waals surface area contributed by atoms with Crippen LogP contribution in [0, 0.1) is 0 Å². The van der Waals surface area contributed by atoms with E-state index in [0.29, 0.717) is 13.1 Å². The minimum Gasteiger partial charge on any atom is -0.388 e. The number of aliphatic hydroxyl groups is 1. The molecule has 13 heavy (non-hydrogen) atoms. The first-order chi connectivity index (χ1) is 5.83. The van der Waals surface area contributed by atoms with Gasteiger partial charge in [-0.15, -0.1) is 0 Å². The van der Waals surface area contributed by atoms with Crippen LogP contribution in [0.1, 0.15) is 6.92 Å². The molecular formula is C8H19N3O2. The van der Waals surface area contributed by atoms with E-state index in [1.165, 1.54) is 0 Å². The zero-order valence-corrected chi connectivity index (χ0v) is 8.50. The number of carbonyl (C=O) groups is 1. The largest absolute Gasteiger partial charge is 0.388 e. The second kappa shape index (κ2) is 5.16. The summed E-state index contributed by atoms with van der Waals surface area (Å²) in [7, 11) is 3.76. The van der Waals surface area contributed by atoms with Crippen LogP contribution >= 0.6 is 0 Å². The van der Waals surface area contributed by atoms with Gasteiger partial charge in [0.1, 0.15) is 0 Å². The van der Waals surface area contributed by atoms with Gasteiger partial charge in [-0.05, 0) is 21.0 Å². The maximum Gasteiger partial charge on any atom is 0.231 e. The Bertz CT molecular complexity index is 169. The molecular weight excluding hydrogens is 170 g/mol. The standard InChI is InChI=1S/C8H19N3O2/c1-8(13,6-11(2)3)5-10-4-7(9)12/h10,13H,4-6H2,1-3H3,(H2,9,12). The lowest BCUT2D eigenvalue weighted by Crippen LogP contribution is -2.47. The van der Waals surface area contributed by atoms with Crippen molar-refractivity contribution in [2.45, 2.75) is 12.5 Å². The highest BCUT2D eigenvalue weighted by Crippen LogP contribution is 2.01. The highest BCUT2D eigenvalue weighted by atomic mass is 16.3. The fraction of sp³-hybridized carbons (Fsp3) is 0.875. The topological polar surface area (TPSA) is 78.6 Å². The van der Waals surface area contributed by atoms with Crippen LogP contribution in [0.25, 0.3) is 0 Å². The van der Waals surface area contributed by atoms with Crippen molar-refractivity contribution in [3.8, 4) is 0 Å². The molecule has 5 nitrogen and oxygen atoms in total. The number of amides is 1. The number of nitrogens with two attached hydrogens (primary N) is 1. The summed E-state index contributed by atoms with van der Waals surface area (Å²) < 4.78 is 0. The maximum atomic E-state index is 10.4. The molecule has 0 rings (SSSR count). The van der Waals surface area contributed by atoms with Crippen molar-refractivity contribution in [2.24, 2.45) is 5.73 Å². The maximum absolute atomic E-state index is 10.4. The Labute approximate surface area is 78.9 Å². The minimum atomic E-state index is -0.834. The van der Waals surface area contributed by atoms with Crippen molar-refractivity contribution >= 4 is 5.91 Å². The Morgan fingerprint density at radius 1 is 1.62 bits per heavy atom. The molecule has 78 valence electrons. The van der Waals surface area contributed by atoms with Crippen LogP contribution in [0.4, 0.5) is 0 Å². The Balaban J connectivity index is 3.68. The first-order valence-electron chi connectivity index (χ1n) is 4.19. The molecule has 0 aromatic carbocycles. The third kappa shape index (κ3) is 7.70. The average molecular weight is 189 g/mol. The molecule has 4 N–H and O–H groups in total. The SMILES string of the molecule is CN(C)CC(C)(O)CNCC(N)=O. The summed E-state index contributed by atoms with van der Waals surface area (Å²) in [4.78, 5) is 12.3. The first-order valence-corrected chi connectivity index (χ1v) is 4.19. The Hall–Kier alpha value is -0.650. The molecule has 1 unspecified atom stereocenters. The molecule has 0 aliphatic heterocycles. The van der Waals surface area contributed by atoms with E-state index in [9.17, 15) is 9.90 Å². The van der Waals surface area contributed by atoms with Crippen LogP contribution < -0.4 is 11.1 Å². The van der Waals surface area contributed by atoms with Gasteiger partial charge >= 0.3 is 0 Å². The Morgan fingerprint density at radius 3 is 2.54 bits per heavy atom. The van der Waals surface area contributed by atoms with Crippen molar-refractivity contribution < 1.29 is 9.90 Å². The van der Waals surface area contributed by atoms with E-state index in [0.717, 1.165) is 0 Å². The number of nitrogens with one attached hydrogen (secondary N) is 1. The van der Waals surface area contributed by atoms with Gasteiger partial charge in [-0.25, -0.2) is 0 Å². The monoisotopic (exact) mass is 189 g/mol. The lowest BCUT2D eigenvalue weighted by atomic mass is 10.1. The number of nitrogens with zero attached hydrogens (tertiary/aromatic N) is 1. The third-order valence-corrected chi connectivity index (χ3v) is 1.46. The molecule has 5 heteroatoms. The van der Waals surface area contributed by atoms with Crippen LogP contribution in [0.15, 0.2) is 0 Å². The van der Waals surface area contributed by atoms with Crippen LogP contribution in [-0.4, -0.2) is 55.2 Å². The van der Waals surface area contributed by atoms with E-state index < -0.39 is 11.5 Å². The molecule has 0 fully saturated rings. The summed E-state index contributed by atoms with van der Waals surface area (Å²) in [5.74, 6) is -0.416. The first kappa shape index (κ1) is 12.3. The zero-order valence-electron chi connectivity index (χ0n) is 8.50. The van der Waals surface area contributed by atoms with Crippen LogP contribution in [-0.2, 0) is 4.79 Å². The van der Waals surface area contributed by atoms with Gasteiger partial charge in [0.05, 0.1) is 12.1 Å². The average Bonchev–Trinajstić information content (AvgIpc) is 1.81. The molecule has 0 spiro atoms. The molecule has 0 aliphatic carbocycles. The molecule has 0 aliphatic rings. The van der Waals surface area contributed by atoms with E-state index in [-0.39, 0.29) is 6.54 Å². The third-order valence-electron chi connectivity index (χ3n) is 1.46. The van der Waals surface area contributed by atoms with E-state index in [1.807, 2.05) is 19.0 Å². The molecule has 0 radical (unpaired) electrons. The summed E-state index contributed by atoms with van der Waals surface area (Å²) in [6.07, 6.45) is 0. The Morgan fingerprint density at radius 2 is 2.15 bits per heavy atom. The molecule has 1 amide bonds. The number of primary amides is 1. The quantitative estimate of drug-likeness (QED) is 0.469. The number of carbonyl (C=O) groups excluding carboxylic acids is 1. The van der Waals surface area contributed by atoms with E-state index >= 15 is 0 Å². The van der Waals surface area contributed by atoms with Gasteiger partial charge in [0.25, 0.3) is 0 Å². The molecule has 0 bridgehead atoms. The smallest absolute Gasteiger partial charge is 0.231 e. The zero-order chi connectivity index (χ0) is 10.5. The van der Waals surface area contributed by atoms with Crippen molar-refractivity contribution in [1.29, 1.82) is 0 Å². The molecule has 0 saturated carbocycles. The highest BCUT2D eigenvalue weighted by molar-refractivity contribution is 5.75. The van der Waals surface area contributed by atoms with Gasteiger partial charge in [-0.2, -0.15) is 0 Å². The fourth-order valence-corrected chi connectivity index (χ4v) is 1.19. The van der Waals surface area contributed by atoms with Crippen LogP contribution in [0.2, 0.25) is 0 Å². The number of hydrogen-bond acceptors (Lipinski definition) is 4. The second-order valence-electron chi connectivity index (χ2n) is 3.80. The van der Waals surface area contributed by atoms with Gasteiger partial charge in [-0.1, -0.05) is 0 Å². The van der Waals surface area contributed by atoms with Gasteiger partial charge < -0.3 is 21.1 Å². The second-order valence-corrected chi connectivity index (χ2v) is 3.80. The number of rotatable bonds is 6. The van der Waals surface area contributed by atoms with Crippen LogP contribution in [0.3, 0.4) is 0 Å². The Kier molecular flexibility index (Phi) is 4.90. The molecule has 1 atom stereocenters. The predicted octanol–water partition coefficient (Wildman–Crippen LogP) is -1.63. The molecule has 0 heterocycles. The van der Waals surface area contributed by atoms with Crippen molar-refractivity contribution in [2.75, 3.05) is 33.7 Å². The van der Waals surface area contributed by atoms with Crippen molar-refractivity contribution in [3.63, 3.8) is 0 Å². The van der Waals surface area contributed by atoms with Gasteiger partial charge in [-0.3, -0.25) is 4.79 Å². The van der Waals surface area contributed by atoms with Gasteiger partial charge in [0, 0.05) is 13.1 Å². The summed E-state index contributed by atoms with van der Waals surface area (Å²) in [5.41, 5.74) is 4.10. The van der Waals surface area contributed by atoms with E-state index in [4.69, 9.17) is 5.73 Å². The highest BCUT2D eigenvalue weighted by Gasteiger charge is 2.20. The summed E-state index contributed by atoms with van der Waals surface area (Å²) in [6.45, 7) is 2.71. The van der Waals surface area contributed by atoms with Crippen molar-refractivity contribution in [1.82, 2.24) is 10.2 Å². The van der Waals surface area contributed by atoms with Gasteiger partial charge in [0.15, 0.2) is 0 Å².